The Morgan fingerprint density at radius 3 is 2.47 bits per heavy atom. The fourth-order valence-electron chi connectivity index (χ4n) is 4.75. The molecule has 0 saturated carbocycles. The average Bonchev–Trinajstić information content (AvgIpc) is 3.15. The Bertz CT molecular complexity index is 1050. The Morgan fingerprint density at radius 1 is 1.00 bits per heavy atom. The molecule has 32 heavy (non-hydrogen) atoms. The third-order valence-corrected chi connectivity index (χ3v) is 6.44. The Labute approximate surface area is 191 Å². The summed E-state index contributed by atoms with van der Waals surface area (Å²) in [6, 6.07) is 17.2. The van der Waals surface area contributed by atoms with Crippen LogP contribution in [0, 0.1) is 0 Å². The van der Waals surface area contributed by atoms with Crippen molar-refractivity contribution in [1.82, 2.24) is 9.47 Å². The number of hydrogen-bond acceptors (Lipinski definition) is 4. The summed E-state index contributed by atoms with van der Waals surface area (Å²) in [5, 5.41) is 1.24. The molecule has 1 aliphatic rings. The Kier molecular flexibility index (Phi) is 7.15. The molecule has 170 valence electrons. The quantitative estimate of drug-likeness (QED) is 0.483. The van der Waals surface area contributed by atoms with Crippen molar-refractivity contribution in [3.05, 3.63) is 65.9 Å². The molecule has 0 bridgehead atoms. The third kappa shape index (κ3) is 4.99. The second-order valence-corrected chi connectivity index (χ2v) is 8.90. The molecule has 1 aromatic heterocycles. The number of piperazine rings is 1. The Morgan fingerprint density at radius 2 is 1.72 bits per heavy atom. The summed E-state index contributed by atoms with van der Waals surface area (Å²) in [7, 11) is 0. The van der Waals surface area contributed by atoms with Crippen LogP contribution in [0.5, 0.6) is 0 Å². The van der Waals surface area contributed by atoms with Gasteiger partial charge in [0.05, 0.1) is 6.61 Å². The lowest BCUT2D eigenvalue weighted by Crippen LogP contribution is -2.47. The lowest BCUT2D eigenvalue weighted by molar-refractivity contribution is -0.143. The Hall–Kier alpha value is -2.79. The van der Waals surface area contributed by atoms with Crippen molar-refractivity contribution in [2.45, 2.75) is 39.7 Å². The maximum absolute atomic E-state index is 12.0. The number of hydrogen-bond donors (Lipinski definition) is 0. The van der Waals surface area contributed by atoms with Crippen LogP contribution < -0.4 is 4.90 Å². The first kappa shape index (κ1) is 22.4. The van der Waals surface area contributed by atoms with Gasteiger partial charge < -0.3 is 14.2 Å². The number of aromatic nitrogens is 1. The number of para-hydroxylation sites is 2. The van der Waals surface area contributed by atoms with E-state index in [4.69, 9.17) is 4.74 Å². The van der Waals surface area contributed by atoms with Crippen LogP contribution in [0.25, 0.3) is 10.9 Å². The van der Waals surface area contributed by atoms with Crippen molar-refractivity contribution in [1.29, 1.82) is 0 Å². The van der Waals surface area contributed by atoms with Crippen molar-refractivity contribution in [3.8, 4) is 0 Å². The van der Waals surface area contributed by atoms with Crippen LogP contribution in [0.3, 0.4) is 0 Å². The first-order valence-corrected chi connectivity index (χ1v) is 11.9. The zero-order chi connectivity index (χ0) is 22.5. The van der Waals surface area contributed by atoms with Gasteiger partial charge >= 0.3 is 5.97 Å². The van der Waals surface area contributed by atoms with Crippen LogP contribution in [-0.4, -0.2) is 54.8 Å². The fraction of sp³-hybridized carbons (Fsp3) is 0.444. The van der Waals surface area contributed by atoms with E-state index in [1.165, 1.54) is 22.2 Å². The molecule has 0 amide bonds. The molecule has 3 aromatic rings. The molecule has 5 heteroatoms. The number of carbonyl (C=O) groups is 1. The highest BCUT2D eigenvalue weighted by Gasteiger charge is 2.20. The molecule has 0 unspecified atom stereocenters. The summed E-state index contributed by atoms with van der Waals surface area (Å²) < 4.78 is 7.19. The summed E-state index contributed by atoms with van der Waals surface area (Å²) in [4.78, 5) is 17.1. The molecular formula is C27H35N3O2. The molecule has 0 radical (unpaired) electrons. The maximum Gasteiger partial charge on any atom is 0.325 e. The molecule has 1 fully saturated rings. The maximum atomic E-state index is 12.0. The summed E-state index contributed by atoms with van der Waals surface area (Å²) in [5.41, 5.74) is 5.24. The summed E-state index contributed by atoms with van der Waals surface area (Å²) >= 11 is 0. The number of benzene rings is 2. The number of ether oxygens (including phenoxy) is 1. The third-order valence-electron chi connectivity index (χ3n) is 6.44. The molecular weight excluding hydrogens is 398 g/mol. The molecule has 1 aliphatic heterocycles. The van der Waals surface area contributed by atoms with Gasteiger partial charge in [0.2, 0.25) is 0 Å². The summed E-state index contributed by atoms with van der Waals surface area (Å²) in [6.45, 7) is 12.4. The molecule has 2 heterocycles. The van der Waals surface area contributed by atoms with Gasteiger partial charge in [-0.05, 0) is 42.5 Å². The summed E-state index contributed by atoms with van der Waals surface area (Å²) in [5.74, 6) is 0.355. The lowest BCUT2D eigenvalue weighted by Gasteiger charge is -2.37. The van der Waals surface area contributed by atoms with Gasteiger partial charge in [-0.15, -0.1) is 0 Å². The van der Waals surface area contributed by atoms with Gasteiger partial charge in [0.25, 0.3) is 0 Å². The number of esters is 1. The molecule has 1 saturated heterocycles. The molecule has 5 nitrogen and oxygen atoms in total. The first-order valence-electron chi connectivity index (χ1n) is 11.9. The van der Waals surface area contributed by atoms with Gasteiger partial charge in [-0.3, -0.25) is 9.69 Å². The van der Waals surface area contributed by atoms with Crippen molar-refractivity contribution >= 4 is 22.6 Å². The predicted octanol–water partition coefficient (Wildman–Crippen LogP) is 4.69. The normalized spacial score (nSPS) is 14.9. The standard InChI is InChI=1S/C27H35N3O2/c1-4-32-27(31)20-30-19-22(24-10-6-8-12-26(24)30)13-14-28-15-17-29(18-16-28)25-11-7-5-9-23(25)21(2)3/h5-12,19,21H,4,13-18,20H2,1-3H3. The van der Waals surface area contributed by atoms with Crippen molar-refractivity contribution in [3.63, 3.8) is 0 Å². The highest BCUT2D eigenvalue weighted by atomic mass is 16.5. The van der Waals surface area contributed by atoms with Crippen molar-refractivity contribution < 1.29 is 9.53 Å². The number of rotatable bonds is 8. The molecule has 0 spiro atoms. The molecule has 0 aliphatic carbocycles. The van der Waals surface area contributed by atoms with Crippen LogP contribution in [0.4, 0.5) is 5.69 Å². The number of nitrogens with zero attached hydrogens (tertiary/aromatic N) is 3. The number of carbonyl (C=O) groups excluding carboxylic acids is 1. The van der Waals surface area contributed by atoms with Crippen molar-refractivity contribution in [2.24, 2.45) is 0 Å². The molecule has 2 aromatic carbocycles. The van der Waals surface area contributed by atoms with Gasteiger partial charge in [-0.25, -0.2) is 0 Å². The molecule has 0 N–H and O–H groups in total. The van der Waals surface area contributed by atoms with Gasteiger partial charge in [0.1, 0.15) is 6.54 Å². The van der Waals surface area contributed by atoms with E-state index in [0.717, 1.165) is 44.7 Å². The van der Waals surface area contributed by atoms with Crippen LogP contribution in [0.2, 0.25) is 0 Å². The zero-order valence-electron chi connectivity index (χ0n) is 19.6. The number of anilines is 1. The minimum Gasteiger partial charge on any atom is -0.465 e. The highest BCUT2D eigenvalue weighted by molar-refractivity contribution is 5.85. The average molecular weight is 434 g/mol. The second-order valence-electron chi connectivity index (χ2n) is 8.90. The predicted molar refractivity (Wildman–Crippen MR) is 131 cm³/mol. The lowest BCUT2D eigenvalue weighted by atomic mass is 10.00. The monoisotopic (exact) mass is 433 g/mol. The fourth-order valence-corrected chi connectivity index (χ4v) is 4.75. The number of fused-ring (bicyclic) bond motifs is 1. The van der Waals surface area contributed by atoms with E-state index in [0.29, 0.717) is 12.5 Å². The van der Waals surface area contributed by atoms with E-state index in [9.17, 15) is 4.79 Å². The molecule has 0 atom stereocenters. The Balaban J connectivity index is 1.39. The topological polar surface area (TPSA) is 37.7 Å². The summed E-state index contributed by atoms with van der Waals surface area (Å²) in [6.07, 6.45) is 3.12. The van der Waals surface area contributed by atoms with E-state index < -0.39 is 0 Å². The first-order chi connectivity index (χ1) is 15.6. The minimum atomic E-state index is -0.183. The smallest absolute Gasteiger partial charge is 0.325 e. The minimum absolute atomic E-state index is 0.183. The van der Waals surface area contributed by atoms with E-state index in [1.54, 1.807) is 0 Å². The molecule has 4 rings (SSSR count). The largest absolute Gasteiger partial charge is 0.465 e. The van der Waals surface area contributed by atoms with Gasteiger partial charge in [0, 0.05) is 55.5 Å². The highest BCUT2D eigenvalue weighted by Crippen LogP contribution is 2.28. The van der Waals surface area contributed by atoms with E-state index in [1.807, 2.05) is 17.6 Å². The van der Waals surface area contributed by atoms with Crippen LogP contribution in [-0.2, 0) is 22.5 Å². The van der Waals surface area contributed by atoms with Crippen LogP contribution in [0.15, 0.2) is 54.7 Å². The van der Waals surface area contributed by atoms with Gasteiger partial charge in [0.15, 0.2) is 0 Å². The van der Waals surface area contributed by atoms with Crippen LogP contribution in [0.1, 0.15) is 37.8 Å². The van der Waals surface area contributed by atoms with E-state index >= 15 is 0 Å². The van der Waals surface area contributed by atoms with E-state index in [-0.39, 0.29) is 12.5 Å². The second kappa shape index (κ2) is 10.2. The van der Waals surface area contributed by atoms with Gasteiger partial charge in [-0.1, -0.05) is 50.2 Å². The van der Waals surface area contributed by atoms with Crippen LogP contribution >= 0.6 is 0 Å². The zero-order valence-corrected chi connectivity index (χ0v) is 19.6. The van der Waals surface area contributed by atoms with Crippen molar-refractivity contribution in [2.75, 3.05) is 44.2 Å². The SMILES string of the molecule is CCOC(=O)Cn1cc(CCN2CCN(c3ccccc3C(C)C)CC2)c2ccccc21. The van der Waals surface area contributed by atoms with Gasteiger partial charge in [-0.2, -0.15) is 0 Å². The van der Waals surface area contributed by atoms with E-state index in [2.05, 4.69) is 72.3 Å².